The number of benzene rings is 1. The van der Waals surface area contributed by atoms with Crippen molar-refractivity contribution in [3.8, 4) is 0 Å². The first-order valence-corrected chi connectivity index (χ1v) is 6.87. The maximum atomic E-state index is 12.0. The number of nitrogens with zero attached hydrogens (tertiary/aromatic N) is 1. The Morgan fingerprint density at radius 3 is 2.81 bits per heavy atom. The molecule has 0 bridgehead atoms. The lowest BCUT2D eigenvalue weighted by atomic mass is 10.1. The second-order valence-corrected chi connectivity index (χ2v) is 4.84. The van der Waals surface area contributed by atoms with E-state index in [9.17, 15) is 9.59 Å². The smallest absolute Gasteiger partial charge is 0.239 e. The van der Waals surface area contributed by atoms with Crippen molar-refractivity contribution in [1.82, 2.24) is 10.2 Å². The normalized spacial score (nSPS) is 10.2. The average molecular weight is 293 g/mol. The Morgan fingerprint density at radius 2 is 2.14 bits per heavy atom. The van der Waals surface area contributed by atoms with Crippen LogP contribution in [-0.4, -0.2) is 50.6 Å². The number of carbonyl (C=O) groups is 2. The van der Waals surface area contributed by atoms with Crippen molar-refractivity contribution in [2.24, 2.45) is 0 Å². The fourth-order valence-electron chi connectivity index (χ4n) is 1.84. The molecular weight excluding hydrogens is 270 g/mol. The van der Waals surface area contributed by atoms with Gasteiger partial charge in [0.15, 0.2) is 0 Å². The van der Waals surface area contributed by atoms with Crippen LogP contribution in [0.15, 0.2) is 24.3 Å². The van der Waals surface area contributed by atoms with Crippen molar-refractivity contribution >= 4 is 17.5 Å². The van der Waals surface area contributed by atoms with Gasteiger partial charge in [-0.15, -0.1) is 0 Å². The number of rotatable bonds is 8. The number of likely N-dealkylation sites (N-methyl/N-ethyl adjacent to an activating group) is 1. The van der Waals surface area contributed by atoms with E-state index in [4.69, 9.17) is 10.5 Å². The van der Waals surface area contributed by atoms with Gasteiger partial charge in [0.05, 0.1) is 13.2 Å². The van der Waals surface area contributed by atoms with Gasteiger partial charge in [0.25, 0.3) is 0 Å². The number of nitrogens with one attached hydrogen (secondary N) is 1. The zero-order valence-electron chi connectivity index (χ0n) is 12.6. The summed E-state index contributed by atoms with van der Waals surface area (Å²) >= 11 is 0. The summed E-state index contributed by atoms with van der Waals surface area (Å²) in [6, 6.07) is 7.45. The Hall–Kier alpha value is -2.08. The Balaban J connectivity index is 2.32. The Morgan fingerprint density at radius 1 is 1.38 bits per heavy atom. The predicted octanol–water partition coefficient (Wildman–Crippen LogP) is 0.422. The SMILES string of the molecule is COCCNC(=O)CN(C)C(=O)CCc1cccc(N)c1. The molecule has 0 aromatic heterocycles. The molecule has 1 rings (SSSR count). The lowest BCUT2D eigenvalue weighted by molar-refractivity contribution is -0.134. The molecule has 0 saturated heterocycles. The van der Waals surface area contributed by atoms with E-state index in [-0.39, 0.29) is 18.4 Å². The van der Waals surface area contributed by atoms with E-state index < -0.39 is 0 Å². The summed E-state index contributed by atoms with van der Waals surface area (Å²) in [7, 11) is 3.19. The third-order valence-corrected chi connectivity index (χ3v) is 3.01. The molecule has 0 saturated carbocycles. The molecule has 0 aliphatic rings. The van der Waals surface area contributed by atoms with E-state index in [1.165, 1.54) is 4.90 Å². The summed E-state index contributed by atoms with van der Waals surface area (Å²) in [6.07, 6.45) is 0.963. The second-order valence-electron chi connectivity index (χ2n) is 4.84. The maximum Gasteiger partial charge on any atom is 0.239 e. The molecule has 116 valence electrons. The van der Waals surface area contributed by atoms with Crippen molar-refractivity contribution in [3.05, 3.63) is 29.8 Å². The number of carbonyl (C=O) groups excluding carboxylic acids is 2. The second kappa shape index (κ2) is 8.97. The van der Waals surface area contributed by atoms with Crippen molar-refractivity contribution in [3.63, 3.8) is 0 Å². The summed E-state index contributed by atoms with van der Waals surface area (Å²) in [5.41, 5.74) is 7.39. The highest BCUT2D eigenvalue weighted by Crippen LogP contribution is 2.09. The van der Waals surface area contributed by atoms with E-state index in [2.05, 4.69) is 5.32 Å². The molecule has 0 radical (unpaired) electrons. The topological polar surface area (TPSA) is 84.7 Å². The molecule has 3 N–H and O–H groups in total. The highest BCUT2D eigenvalue weighted by Gasteiger charge is 2.12. The quantitative estimate of drug-likeness (QED) is 0.537. The molecule has 6 heteroatoms. The molecule has 0 heterocycles. The van der Waals surface area contributed by atoms with Gasteiger partial charge in [0.1, 0.15) is 0 Å². The third-order valence-electron chi connectivity index (χ3n) is 3.01. The number of ether oxygens (including phenoxy) is 1. The summed E-state index contributed by atoms with van der Waals surface area (Å²) in [4.78, 5) is 25.0. The Labute approximate surface area is 125 Å². The molecule has 6 nitrogen and oxygen atoms in total. The van der Waals surface area contributed by atoms with Gasteiger partial charge < -0.3 is 20.7 Å². The van der Waals surface area contributed by atoms with Crippen LogP contribution in [0, 0.1) is 0 Å². The number of aryl methyl sites for hydroxylation is 1. The summed E-state index contributed by atoms with van der Waals surface area (Å²) in [5, 5.41) is 2.68. The number of anilines is 1. The van der Waals surface area contributed by atoms with Crippen LogP contribution >= 0.6 is 0 Å². The minimum absolute atomic E-state index is 0.0550. The molecule has 1 aromatic rings. The molecule has 0 fully saturated rings. The van der Waals surface area contributed by atoms with Crippen LogP contribution in [0.3, 0.4) is 0 Å². The minimum atomic E-state index is -0.188. The molecule has 0 unspecified atom stereocenters. The first-order chi connectivity index (χ1) is 10.0. The zero-order chi connectivity index (χ0) is 15.7. The van der Waals surface area contributed by atoms with Crippen LogP contribution < -0.4 is 11.1 Å². The van der Waals surface area contributed by atoms with Gasteiger partial charge in [0, 0.05) is 32.8 Å². The number of hydrogen-bond donors (Lipinski definition) is 2. The number of hydrogen-bond acceptors (Lipinski definition) is 4. The van der Waals surface area contributed by atoms with Gasteiger partial charge >= 0.3 is 0 Å². The van der Waals surface area contributed by atoms with Gasteiger partial charge in [-0.05, 0) is 24.1 Å². The highest BCUT2D eigenvalue weighted by atomic mass is 16.5. The summed E-state index contributed by atoms with van der Waals surface area (Å²) in [5.74, 6) is -0.258. The van der Waals surface area contributed by atoms with Gasteiger partial charge in [-0.25, -0.2) is 0 Å². The lowest BCUT2D eigenvalue weighted by Gasteiger charge is -2.16. The molecule has 0 aliphatic carbocycles. The van der Waals surface area contributed by atoms with E-state index in [1.807, 2.05) is 24.3 Å². The predicted molar refractivity (Wildman–Crippen MR) is 81.7 cm³/mol. The van der Waals surface area contributed by atoms with E-state index in [1.54, 1.807) is 14.2 Å². The first-order valence-electron chi connectivity index (χ1n) is 6.87. The van der Waals surface area contributed by atoms with Crippen LogP contribution in [0.4, 0.5) is 5.69 Å². The fourth-order valence-corrected chi connectivity index (χ4v) is 1.84. The molecule has 1 aromatic carbocycles. The Kier molecular flexibility index (Phi) is 7.25. The summed E-state index contributed by atoms with van der Waals surface area (Å²) in [6.45, 7) is 0.957. The Bertz CT molecular complexity index is 477. The van der Waals surface area contributed by atoms with E-state index >= 15 is 0 Å². The first kappa shape index (κ1) is 17.0. The van der Waals surface area contributed by atoms with Crippen LogP contribution in [0.5, 0.6) is 0 Å². The monoisotopic (exact) mass is 293 g/mol. The van der Waals surface area contributed by atoms with Gasteiger partial charge in [0.2, 0.25) is 11.8 Å². The molecule has 0 spiro atoms. The zero-order valence-corrected chi connectivity index (χ0v) is 12.6. The maximum absolute atomic E-state index is 12.0. The van der Waals surface area contributed by atoms with Crippen LogP contribution in [0.1, 0.15) is 12.0 Å². The lowest BCUT2D eigenvalue weighted by Crippen LogP contribution is -2.39. The molecular formula is C15H23N3O3. The van der Waals surface area contributed by atoms with Crippen LogP contribution in [0.25, 0.3) is 0 Å². The minimum Gasteiger partial charge on any atom is -0.399 e. The standard InChI is InChI=1S/C15H23N3O3/c1-18(11-14(19)17-8-9-21-2)15(20)7-6-12-4-3-5-13(16)10-12/h3-5,10H,6-9,11,16H2,1-2H3,(H,17,19). The summed E-state index contributed by atoms with van der Waals surface area (Å²) < 4.78 is 4.84. The molecule has 0 atom stereocenters. The van der Waals surface area contributed by atoms with Crippen molar-refractivity contribution in [2.45, 2.75) is 12.8 Å². The molecule has 21 heavy (non-hydrogen) atoms. The van der Waals surface area contributed by atoms with Gasteiger partial charge in [-0.3, -0.25) is 9.59 Å². The van der Waals surface area contributed by atoms with Crippen LogP contribution in [-0.2, 0) is 20.7 Å². The third kappa shape index (κ3) is 6.76. The van der Waals surface area contributed by atoms with Gasteiger partial charge in [-0.2, -0.15) is 0 Å². The van der Waals surface area contributed by atoms with Crippen LogP contribution in [0.2, 0.25) is 0 Å². The van der Waals surface area contributed by atoms with Crippen molar-refractivity contribution < 1.29 is 14.3 Å². The van der Waals surface area contributed by atoms with Gasteiger partial charge in [-0.1, -0.05) is 12.1 Å². The van der Waals surface area contributed by atoms with Crippen molar-refractivity contribution in [1.29, 1.82) is 0 Å². The molecule has 2 amide bonds. The number of nitrogen functional groups attached to an aromatic ring is 1. The van der Waals surface area contributed by atoms with E-state index in [0.717, 1.165) is 5.56 Å². The largest absolute Gasteiger partial charge is 0.399 e. The number of amides is 2. The van der Waals surface area contributed by atoms with Crippen molar-refractivity contribution in [2.75, 3.05) is 39.6 Å². The number of methoxy groups -OCH3 is 1. The molecule has 0 aliphatic heterocycles. The number of nitrogens with two attached hydrogens (primary N) is 1. The fraction of sp³-hybridized carbons (Fsp3) is 0.467. The van der Waals surface area contributed by atoms with E-state index in [0.29, 0.717) is 31.7 Å². The average Bonchev–Trinajstić information content (AvgIpc) is 2.45. The highest BCUT2D eigenvalue weighted by molar-refractivity contribution is 5.84.